The number of hydrogen-bond donors (Lipinski definition) is 0. The molecule has 1 aliphatic rings. The number of rotatable bonds is 1. The van der Waals surface area contributed by atoms with Gasteiger partial charge in [0.05, 0.1) is 6.54 Å². The van der Waals surface area contributed by atoms with Crippen molar-refractivity contribution in [3.8, 4) is 0 Å². The van der Waals surface area contributed by atoms with E-state index in [0.29, 0.717) is 0 Å². The minimum atomic E-state index is -9.37. The van der Waals surface area contributed by atoms with Crippen molar-refractivity contribution in [2.24, 2.45) is 10.2 Å². The summed E-state index contributed by atoms with van der Waals surface area (Å²) in [5, 5.41) is 2.48. The van der Waals surface area contributed by atoms with E-state index in [4.69, 9.17) is 0 Å². The van der Waals surface area contributed by atoms with E-state index in [0.717, 1.165) is 0 Å². The zero-order chi connectivity index (χ0) is 8.81. The summed E-state index contributed by atoms with van der Waals surface area (Å²) in [7, 11) is -9.37. The van der Waals surface area contributed by atoms with Gasteiger partial charge in [-0.1, -0.05) is 19.4 Å². The molecular weight excluding hydrogens is 191 g/mol. The van der Waals surface area contributed by atoms with Gasteiger partial charge in [0.15, 0.2) is 0 Å². The van der Waals surface area contributed by atoms with Gasteiger partial charge in [-0.05, 0) is 0 Å². The van der Waals surface area contributed by atoms with E-state index in [1.165, 1.54) is 0 Å². The number of halogens is 5. The minimum absolute atomic E-state index is 0.268. The fraction of sp³-hybridized carbons (Fsp3) is 1.00. The molecule has 0 saturated heterocycles. The van der Waals surface area contributed by atoms with Crippen molar-refractivity contribution in [2.45, 2.75) is 11.8 Å². The molecule has 0 aromatic rings. The summed E-state index contributed by atoms with van der Waals surface area (Å²) in [5.41, 5.74) is 0. The molecule has 0 radical (unpaired) electrons. The highest BCUT2D eigenvalue weighted by Gasteiger charge is 2.71. The summed E-state index contributed by atoms with van der Waals surface area (Å²) < 4.78 is 58.8. The van der Waals surface area contributed by atoms with E-state index in [9.17, 15) is 19.4 Å². The summed E-state index contributed by atoms with van der Waals surface area (Å²) in [6, 6.07) is 0. The standard InChI is InChI=1S/C3H5F5N2S/c4-11(5,6,7,8)3-1-2-9-10-3/h3H,1-2H2. The first-order chi connectivity index (χ1) is 4.59. The van der Waals surface area contributed by atoms with Gasteiger partial charge in [0.1, 0.15) is 0 Å². The van der Waals surface area contributed by atoms with Gasteiger partial charge in [-0.15, -0.1) is 0 Å². The molecule has 0 N–H and O–H groups in total. The molecule has 11 heavy (non-hydrogen) atoms. The van der Waals surface area contributed by atoms with Gasteiger partial charge in [0, 0.05) is 6.42 Å². The highest BCUT2D eigenvalue weighted by atomic mass is 32.5. The molecule has 1 rings (SSSR count). The van der Waals surface area contributed by atoms with Gasteiger partial charge in [0.25, 0.3) is 0 Å². The van der Waals surface area contributed by atoms with Crippen molar-refractivity contribution in [3.05, 3.63) is 0 Å². The van der Waals surface area contributed by atoms with E-state index < -0.39 is 22.0 Å². The molecule has 2 nitrogen and oxygen atoms in total. The van der Waals surface area contributed by atoms with E-state index in [1.54, 1.807) is 0 Å². The van der Waals surface area contributed by atoms with Crippen LogP contribution < -0.4 is 0 Å². The lowest BCUT2D eigenvalue weighted by atomic mass is 10.5. The first kappa shape index (κ1) is 8.69. The topological polar surface area (TPSA) is 24.7 Å². The SMILES string of the molecule is FS(F)(F)(F)(F)C1CCN=N1. The first-order valence-corrected chi connectivity index (χ1v) is 4.70. The van der Waals surface area contributed by atoms with Crippen LogP contribution >= 0.6 is 10.2 Å². The average molecular weight is 196 g/mol. The summed E-state index contributed by atoms with van der Waals surface area (Å²) in [6.07, 6.45) is -0.724. The van der Waals surface area contributed by atoms with Crippen LogP contribution in [0.25, 0.3) is 0 Å². The second-order valence-electron chi connectivity index (χ2n) is 2.25. The molecular formula is C3H5F5N2S. The molecule has 8 heteroatoms. The highest BCUT2D eigenvalue weighted by molar-refractivity contribution is 8.46. The Labute approximate surface area is 59.2 Å². The third-order valence-corrected chi connectivity index (χ3v) is 2.56. The maximum atomic E-state index is 11.8. The van der Waals surface area contributed by atoms with Crippen molar-refractivity contribution in [1.82, 2.24) is 0 Å². The third kappa shape index (κ3) is 2.01. The molecule has 0 aromatic heterocycles. The van der Waals surface area contributed by atoms with Crippen molar-refractivity contribution in [1.29, 1.82) is 0 Å². The van der Waals surface area contributed by atoms with Gasteiger partial charge >= 0.3 is 10.2 Å². The number of nitrogens with zero attached hydrogens (tertiary/aromatic N) is 2. The van der Waals surface area contributed by atoms with Gasteiger partial charge in [-0.3, -0.25) is 0 Å². The van der Waals surface area contributed by atoms with Crippen molar-refractivity contribution < 1.29 is 19.4 Å². The normalized spacial score (nSPS) is 31.5. The Hall–Kier alpha value is -0.400. The second-order valence-corrected chi connectivity index (χ2v) is 4.85. The highest BCUT2D eigenvalue weighted by Crippen LogP contribution is 3.01. The van der Waals surface area contributed by atoms with E-state index in [-0.39, 0.29) is 6.54 Å². The van der Waals surface area contributed by atoms with Crippen LogP contribution in [0.2, 0.25) is 0 Å². The van der Waals surface area contributed by atoms with Crippen molar-refractivity contribution >= 4 is 10.2 Å². The monoisotopic (exact) mass is 196 g/mol. The quantitative estimate of drug-likeness (QED) is 0.573. The zero-order valence-corrected chi connectivity index (χ0v) is 6.00. The maximum absolute atomic E-state index is 11.8. The Morgan fingerprint density at radius 1 is 1.09 bits per heavy atom. The average Bonchev–Trinajstić information content (AvgIpc) is 2.01. The van der Waals surface area contributed by atoms with Crippen molar-refractivity contribution in [3.63, 3.8) is 0 Å². The van der Waals surface area contributed by atoms with Gasteiger partial charge < -0.3 is 0 Å². The summed E-state index contributed by atoms with van der Waals surface area (Å²) in [6.45, 7) is -0.268. The minimum Gasteiger partial charge on any atom is -0.193 e. The molecule has 0 bridgehead atoms. The Kier molecular flexibility index (Phi) is 1.20. The molecule has 68 valence electrons. The summed E-state index contributed by atoms with van der Waals surface area (Å²) >= 11 is 0. The number of azo groups is 1. The number of hydrogen-bond acceptors (Lipinski definition) is 2. The lowest BCUT2D eigenvalue weighted by Crippen LogP contribution is -2.21. The second kappa shape index (κ2) is 1.52. The smallest absolute Gasteiger partial charge is 0.193 e. The van der Waals surface area contributed by atoms with Crippen LogP contribution in [0.1, 0.15) is 6.42 Å². The molecule has 1 aliphatic heterocycles. The molecule has 0 saturated carbocycles. The third-order valence-electron chi connectivity index (χ3n) is 1.20. The molecule has 0 aromatic carbocycles. The summed E-state index contributed by atoms with van der Waals surface area (Å²) in [5.74, 6) is 0. The van der Waals surface area contributed by atoms with Crippen LogP contribution in [-0.2, 0) is 0 Å². The van der Waals surface area contributed by atoms with Crippen LogP contribution in [0.15, 0.2) is 10.2 Å². The molecule has 1 unspecified atom stereocenters. The van der Waals surface area contributed by atoms with Gasteiger partial charge in [0.2, 0.25) is 5.37 Å². The predicted octanol–water partition coefficient (Wildman–Crippen LogP) is 3.47. The van der Waals surface area contributed by atoms with Crippen LogP contribution in [0.4, 0.5) is 19.4 Å². The zero-order valence-electron chi connectivity index (χ0n) is 5.18. The molecule has 1 heterocycles. The Balaban J connectivity index is 2.98. The van der Waals surface area contributed by atoms with Crippen LogP contribution in [-0.4, -0.2) is 11.9 Å². The molecule has 0 spiro atoms. The molecule has 1 atom stereocenters. The summed E-state index contributed by atoms with van der Waals surface area (Å²) in [4.78, 5) is 0. The fourth-order valence-electron chi connectivity index (χ4n) is 0.687. The van der Waals surface area contributed by atoms with E-state index >= 15 is 0 Å². The Bertz CT molecular complexity index is 203. The van der Waals surface area contributed by atoms with Crippen LogP contribution in [0.5, 0.6) is 0 Å². The fourth-order valence-corrected chi connectivity index (χ4v) is 1.48. The van der Waals surface area contributed by atoms with E-state index in [2.05, 4.69) is 10.2 Å². The van der Waals surface area contributed by atoms with Crippen LogP contribution in [0, 0.1) is 0 Å². The maximum Gasteiger partial charge on any atom is 0.307 e. The van der Waals surface area contributed by atoms with Gasteiger partial charge in [-0.25, -0.2) is 0 Å². The lowest BCUT2D eigenvalue weighted by Gasteiger charge is -2.43. The van der Waals surface area contributed by atoms with Crippen LogP contribution in [0.3, 0.4) is 0 Å². The molecule has 0 amide bonds. The lowest BCUT2D eigenvalue weighted by molar-refractivity contribution is 0.343. The van der Waals surface area contributed by atoms with Crippen molar-refractivity contribution in [2.75, 3.05) is 6.54 Å². The predicted molar refractivity (Wildman–Crippen MR) is 31.3 cm³/mol. The van der Waals surface area contributed by atoms with Gasteiger partial charge in [-0.2, -0.15) is 10.2 Å². The first-order valence-electron chi connectivity index (χ1n) is 2.69. The molecule has 0 fully saturated rings. The Morgan fingerprint density at radius 3 is 1.82 bits per heavy atom. The largest absolute Gasteiger partial charge is 0.307 e. The van der Waals surface area contributed by atoms with E-state index in [1.807, 2.05) is 0 Å². The Morgan fingerprint density at radius 2 is 1.64 bits per heavy atom. The molecule has 0 aliphatic carbocycles.